The molecule has 0 aliphatic carbocycles. The fourth-order valence-electron chi connectivity index (χ4n) is 8.46. The number of benzene rings is 2. The molecule has 11 nitrogen and oxygen atoms in total. The Morgan fingerprint density at radius 1 is 0.608 bits per heavy atom. The molecule has 4 saturated heterocycles. The molecule has 0 saturated carbocycles. The number of aryl methyl sites for hydroxylation is 4. The van der Waals surface area contributed by atoms with Gasteiger partial charge in [-0.2, -0.15) is 0 Å². The Hall–Kier alpha value is -3.22. The maximum atomic E-state index is 14.5. The van der Waals surface area contributed by atoms with Crippen molar-refractivity contribution in [2.75, 3.05) is 78.8 Å². The third kappa shape index (κ3) is 9.24. The quantitative estimate of drug-likeness (QED) is 0.383. The number of ether oxygens (including phenoxy) is 3. The summed E-state index contributed by atoms with van der Waals surface area (Å²) >= 11 is 0. The lowest BCUT2D eigenvalue weighted by Gasteiger charge is -2.42. The number of amides is 2. The molecule has 280 valence electrons. The molecule has 0 radical (unpaired) electrons. The molecule has 0 spiro atoms. The molecule has 2 N–H and O–H groups in total. The van der Waals surface area contributed by atoms with Gasteiger partial charge in [-0.1, -0.05) is 24.3 Å². The Bertz CT molecular complexity index is 1350. The highest BCUT2D eigenvalue weighted by molar-refractivity contribution is 5.84. The maximum absolute atomic E-state index is 14.5. The van der Waals surface area contributed by atoms with E-state index in [1.54, 1.807) is 0 Å². The largest absolute Gasteiger partial charge is 0.507 e. The number of carbonyl (C=O) groups excluding carboxylic acids is 2. The summed E-state index contributed by atoms with van der Waals surface area (Å²) in [5, 5.41) is 21.0. The van der Waals surface area contributed by atoms with Gasteiger partial charge in [0.2, 0.25) is 0 Å². The van der Waals surface area contributed by atoms with Gasteiger partial charge in [0.25, 0.3) is 11.8 Å². The number of carbonyl (C=O) groups is 2. The van der Waals surface area contributed by atoms with Crippen LogP contribution in [0.2, 0.25) is 0 Å². The highest BCUT2D eigenvalue weighted by Gasteiger charge is 2.37. The number of hydrogen-bond donors (Lipinski definition) is 2. The van der Waals surface area contributed by atoms with Crippen molar-refractivity contribution >= 4 is 11.8 Å². The highest BCUT2D eigenvalue weighted by atomic mass is 16.5. The first kappa shape index (κ1) is 37.5. The van der Waals surface area contributed by atoms with Crippen molar-refractivity contribution in [2.24, 2.45) is 0 Å². The van der Waals surface area contributed by atoms with Crippen LogP contribution in [0.5, 0.6) is 11.5 Å². The van der Waals surface area contributed by atoms with Crippen molar-refractivity contribution in [1.82, 2.24) is 19.6 Å². The topological polar surface area (TPSA) is 115 Å². The molecule has 0 bridgehead atoms. The molecule has 2 amide bonds. The number of piperazine rings is 2. The zero-order valence-electron chi connectivity index (χ0n) is 31.1. The number of nitrogens with zero attached hydrogens (tertiary/aromatic N) is 4. The molecule has 0 aromatic heterocycles. The van der Waals surface area contributed by atoms with E-state index in [0.29, 0.717) is 38.3 Å². The molecule has 4 aliphatic heterocycles. The summed E-state index contributed by atoms with van der Waals surface area (Å²) in [5.74, 6) is 0.283. The standard InChI is InChI=1S/C40H58N4O7/c1-27-21-31(22-28(2)37(27)45)25-35(39(47)43-13-9-41(10-14-43)33-5-17-49-18-6-33)51-36(26-32-23-29(3)38(46)30(4)24-32)40(48)44-15-11-42(12-16-44)34-7-19-50-20-8-34/h21-24,33-36,45-46H,5-20,25-26H2,1-4H3/t35-,36-/m0/s1. The smallest absolute Gasteiger partial charge is 0.252 e. The minimum absolute atomic E-state index is 0.106. The maximum Gasteiger partial charge on any atom is 0.252 e. The molecular weight excluding hydrogens is 648 g/mol. The van der Waals surface area contributed by atoms with Crippen molar-refractivity contribution in [1.29, 1.82) is 0 Å². The lowest BCUT2D eigenvalue weighted by atomic mass is 9.98. The van der Waals surface area contributed by atoms with Crippen LogP contribution in [0.3, 0.4) is 0 Å². The zero-order chi connectivity index (χ0) is 36.1. The van der Waals surface area contributed by atoms with E-state index in [1.165, 1.54) is 0 Å². The van der Waals surface area contributed by atoms with Crippen molar-refractivity contribution in [3.63, 3.8) is 0 Å². The van der Waals surface area contributed by atoms with Crippen LogP contribution in [0.4, 0.5) is 0 Å². The second-order valence-electron chi connectivity index (χ2n) is 15.1. The van der Waals surface area contributed by atoms with Crippen LogP contribution in [-0.2, 0) is 36.6 Å². The molecule has 4 heterocycles. The molecule has 4 aliphatic rings. The third-order valence-electron chi connectivity index (χ3n) is 11.5. The lowest BCUT2D eigenvalue weighted by Crippen LogP contribution is -2.57. The Kier molecular flexibility index (Phi) is 12.6. The Labute approximate surface area is 303 Å². The zero-order valence-corrected chi connectivity index (χ0v) is 31.1. The van der Waals surface area contributed by atoms with Gasteiger partial charge in [0.05, 0.1) is 0 Å². The molecule has 6 rings (SSSR count). The summed E-state index contributed by atoms with van der Waals surface area (Å²) in [6.45, 7) is 16.2. The number of hydrogen-bond acceptors (Lipinski definition) is 9. The second kappa shape index (κ2) is 17.1. The molecule has 51 heavy (non-hydrogen) atoms. The number of phenolic OH excluding ortho intramolecular Hbond substituents is 2. The molecule has 4 fully saturated rings. The van der Waals surface area contributed by atoms with Crippen LogP contribution in [0.25, 0.3) is 0 Å². The average molecular weight is 707 g/mol. The second-order valence-corrected chi connectivity index (χ2v) is 15.1. The molecule has 11 heteroatoms. The van der Waals surface area contributed by atoms with E-state index in [1.807, 2.05) is 61.8 Å². The molecular formula is C40H58N4O7. The van der Waals surface area contributed by atoms with Gasteiger partial charge in [-0.3, -0.25) is 19.4 Å². The number of rotatable bonds is 10. The fraction of sp³-hybridized carbons (Fsp3) is 0.650. The van der Waals surface area contributed by atoms with Crippen molar-refractivity contribution in [2.45, 2.75) is 90.5 Å². The van der Waals surface area contributed by atoms with Gasteiger partial charge in [0.1, 0.15) is 23.7 Å². The summed E-state index contributed by atoms with van der Waals surface area (Å²) in [4.78, 5) is 37.8. The normalized spacial score (nSPS) is 21.5. The van der Waals surface area contributed by atoms with Crippen LogP contribution in [0, 0.1) is 27.7 Å². The van der Waals surface area contributed by atoms with Crippen molar-refractivity contribution in [3.05, 3.63) is 57.6 Å². The van der Waals surface area contributed by atoms with E-state index >= 15 is 0 Å². The van der Waals surface area contributed by atoms with E-state index in [0.717, 1.165) is 112 Å². The van der Waals surface area contributed by atoms with Gasteiger partial charge >= 0.3 is 0 Å². The van der Waals surface area contributed by atoms with Crippen LogP contribution in [0.15, 0.2) is 24.3 Å². The van der Waals surface area contributed by atoms with E-state index in [4.69, 9.17) is 14.2 Å². The first-order chi connectivity index (χ1) is 24.6. The predicted octanol–water partition coefficient (Wildman–Crippen LogP) is 3.52. The van der Waals surface area contributed by atoms with Gasteiger partial charge in [-0.15, -0.1) is 0 Å². The number of phenols is 2. The summed E-state index contributed by atoms with van der Waals surface area (Å²) < 4.78 is 18.0. The van der Waals surface area contributed by atoms with E-state index < -0.39 is 12.2 Å². The number of aromatic hydroxyl groups is 2. The van der Waals surface area contributed by atoms with Crippen LogP contribution < -0.4 is 0 Å². The van der Waals surface area contributed by atoms with Gasteiger partial charge in [0.15, 0.2) is 0 Å². The monoisotopic (exact) mass is 706 g/mol. The summed E-state index contributed by atoms with van der Waals surface area (Å²) in [6.07, 6.45) is 2.86. The minimum atomic E-state index is -0.889. The fourth-order valence-corrected chi connectivity index (χ4v) is 8.46. The Morgan fingerprint density at radius 3 is 1.24 bits per heavy atom. The summed E-state index contributed by atoms with van der Waals surface area (Å²) in [7, 11) is 0. The highest BCUT2D eigenvalue weighted by Crippen LogP contribution is 2.28. The third-order valence-corrected chi connectivity index (χ3v) is 11.5. The van der Waals surface area contributed by atoms with Crippen LogP contribution in [-0.4, -0.2) is 145 Å². The van der Waals surface area contributed by atoms with Gasteiger partial charge < -0.3 is 34.2 Å². The molecule has 2 aromatic rings. The Morgan fingerprint density at radius 2 is 0.922 bits per heavy atom. The molecule has 2 atom stereocenters. The van der Waals surface area contributed by atoms with Gasteiger partial charge in [-0.05, 0) is 86.8 Å². The first-order valence-corrected chi connectivity index (χ1v) is 19.0. The minimum Gasteiger partial charge on any atom is -0.507 e. The van der Waals surface area contributed by atoms with Crippen molar-refractivity contribution in [3.8, 4) is 11.5 Å². The Balaban J connectivity index is 1.24. The van der Waals surface area contributed by atoms with Gasteiger partial charge in [0, 0.05) is 104 Å². The SMILES string of the molecule is Cc1cc(C[C@H](O[C@@H](Cc2cc(C)c(O)c(C)c2)C(=O)N2CCN(C3CCOCC3)CC2)C(=O)N2CCN(C3CCOCC3)CC2)cc(C)c1O. The average Bonchev–Trinajstić information content (AvgIpc) is 3.15. The van der Waals surface area contributed by atoms with Crippen molar-refractivity contribution < 1.29 is 34.0 Å². The van der Waals surface area contributed by atoms with E-state index in [-0.39, 0.29) is 36.2 Å². The molecule has 0 unspecified atom stereocenters. The van der Waals surface area contributed by atoms with E-state index in [2.05, 4.69) is 9.80 Å². The predicted molar refractivity (Wildman–Crippen MR) is 195 cm³/mol. The van der Waals surface area contributed by atoms with E-state index in [9.17, 15) is 19.8 Å². The van der Waals surface area contributed by atoms with Crippen LogP contribution >= 0.6 is 0 Å². The summed E-state index contributed by atoms with van der Waals surface area (Å²) in [5.41, 5.74) is 4.74. The molecule has 2 aromatic carbocycles. The lowest BCUT2D eigenvalue weighted by molar-refractivity contribution is -0.160. The summed E-state index contributed by atoms with van der Waals surface area (Å²) in [6, 6.07) is 8.61. The van der Waals surface area contributed by atoms with Gasteiger partial charge in [-0.25, -0.2) is 0 Å². The van der Waals surface area contributed by atoms with Crippen LogP contribution in [0.1, 0.15) is 59.1 Å². The first-order valence-electron chi connectivity index (χ1n) is 19.0.